The zero-order valence-electron chi connectivity index (χ0n) is 9.20. The van der Waals surface area contributed by atoms with E-state index in [4.69, 9.17) is 11.0 Å². The SMILES string of the molecule is N#Cc1cccc(S(=O)(=O)N2CCC(N)C2)c1. The van der Waals surface area contributed by atoms with E-state index in [9.17, 15) is 8.42 Å². The zero-order valence-corrected chi connectivity index (χ0v) is 10.0. The molecule has 0 aliphatic carbocycles. The molecule has 1 aliphatic heterocycles. The van der Waals surface area contributed by atoms with Crippen LogP contribution in [0.15, 0.2) is 29.2 Å². The summed E-state index contributed by atoms with van der Waals surface area (Å²) in [4.78, 5) is 0.158. The first kappa shape index (κ1) is 12.0. The van der Waals surface area contributed by atoms with Gasteiger partial charge in [0.1, 0.15) is 0 Å². The molecule has 1 unspecified atom stereocenters. The number of nitriles is 1. The van der Waals surface area contributed by atoms with Crippen molar-refractivity contribution in [3.05, 3.63) is 29.8 Å². The van der Waals surface area contributed by atoms with Crippen molar-refractivity contribution in [3.8, 4) is 6.07 Å². The molecule has 0 amide bonds. The van der Waals surface area contributed by atoms with E-state index < -0.39 is 10.0 Å². The summed E-state index contributed by atoms with van der Waals surface area (Å²) in [5, 5.41) is 8.76. The third kappa shape index (κ3) is 2.31. The third-order valence-electron chi connectivity index (χ3n) is 2.79. The molecule has 90 valence electrons. The van der Waals surface area contributed by atoms with Crippen molar-refractivity contribution in [2.45, 2.75) is 17.4 Å². The molecule has 0 aromatic heterocycles. The molecule has 1 saturated heterocycles. The molecule has 1 aliphatic rings. The Bertz CT molecular complexity index is 562. The maximum absolute atomic E-state index is 12.2. The number of hydrogen-bond donors (Lipinski definition) is 1. The zero-order chi connectivity index (χ0) is 12.5. The second-order valence-corrected chi connectivity index (χ2v) is 5.99. The molecule has 0 saturated carbocycles. The van der Waals surface area contributed by atoms with Gasteiger partial charge in [-0.25, -0.2) is 8.42 Å². The van der Waals surface area contributed by atoms with E-state index in [2.05, 4.69) is 0 Å². The van der Waals surface area contributed by atoms with E-state index in [1.807, 2.05) is 6.07 Å². The van der Waals surface area contributed by atoms with Crippen molar-refractivity contribution >= 4 is 10.0 Å². The van der Waals surface area contributed by atoms with Gasteiger partial charge in [-0.3, -0.25) is 0 Å². The molecule has 6 heteroatoms. The number of nitrogens with two attached hydrogens (primary N) is 1. The van der Waals surface area contributed by atoms with Gasteiger partial charge < -0.3 is 5.73 Å². The summed E-state index contributed by atoms with van der Waals surface area (Å²) in [6.07, 6.45) is 0.678. The fraction of sp³-hybridized carbons (Fsp3) is 0.364. The minimum Gasteiger partial charge on any atom is -0.326 e. The molecule has 0 spiro atoms. The number of benzene rings is 1. The van der Waals surface area contributed by atoms with Gasteiger partial charge in [0.25, 0.3) is 0 Å². The molecule has 0 radical (unpaired) electrons. The van der Waals surface area contributed by atoms with Crippen molar-refractivity contribution in [1.29, 1.82) is 5.26 Å². The molecule has 1 aromatic rings. The lowest BCUT2D eigenvalue weighted by Gasteiger charge is -2.15. The first-order valence-corrected chi connectivity index (χ1v) is 6.74. The highest BCUT2D eigenvalue weighted by Crippen LogP contribution is 2.20. The fourth-order valence-corrected chi connectivity index (χ4v) is 3.41. The van der Waals surface area contributed by atoms with Crippen LogP contribution in [0.1, 0.15) is 12.0 Å². The largest absolute Gasteiger partial charge is 0.326 e. The molecule has 1 aromatic carbocycles. The van der Waals surface area contributed by atoms with Crippen LogP contribution in [0.4, 0.5) is 0 Å². The van der Waals surface area contributed by atoms with Crippen LogP contribution < -0.4 is 5.73 Å². The first-order chi connectivity index (χ1) is 8.04. The highest BCUT2D eigenvalue weighted by atomic mass is 32.2. The summed E-state index contributed by atoms with van der Waals surface area (Å²) in [5.41, 5.74) is 6.04. The lowest BCUT2D eigenvalue weighted by molar-refractivity contribution is 0.472. The standard InChI is InChI=1S/C11H13N3O2S/c12-7-9-2-1-3-11(6-9)17(15,16)14-5-4-10(13)8-14/h1-3,6,10H,4-5,8,13H2. The molecule has 1 heterocycles. The summed E-state index contributed by atoms with van der Waals surface area (Å²) in [5.74, 6) is 0. The van der Waals surface area contributed by atoms with E-state index >= 15 is 0 Å². The summed E-state index contributed by atoms with van der Waals surface area (Å²) in [7, 11) is -3.50. The second kappa shape index (κ2) is 4.45. The lowest BCUT2D eigenvalue weighted by atomic mass is 10.2. The van der Waals surface area contributed by atoms with Gasteiger partial charge in [-0.2, -0.15) is 9.57 Å². The van der Waals surface area contributed by atoms with Crippen molar-refractivity contribution in [2.24, 2.45) is 5.73 Å². The molecular formula is C11H13N3O2S. The van der Waals surface area contributed by atoms with E-state index in [1.54, 1.807) is 12.1 Å². The van der Waals surface area contributed by atoms with Crippen LogP contribution in [-0.4, -0.2) is 31.9 Å². The Hall–Kier alpha value is -1.42. The van der Waals surface area contributed by atoms with E-state index in [1.165, 1.54) is 16.4 Å². The predicted molar refractivity (Wildman–Crippen MR) is 62.5 cm³/mol. The van der Waals surface area contributed by atoms with Crippen molar-refractivity contribution in [2.75, 3.05) is 13.1 Å². The fourth-order valence-electron chi connectivity index (χ4n) is 1.85. The van der Waals surface area contributed by atoms with Gasteiger partial charge in [-0.1, -0.05) is 6.07 Å². The molecule has 2 N–H and O–H groups in total. The maximum Gasteiger partial charge on any atom is 0.243 e. The molecular weight excluding hydrogens is 238 g/mol. The smallest absolute Gasteiger partial charge is 0.243 e. The van der Waals surface area contributed by atoms with Crippen LogP contribution in [0, 0.1) is 11.3 Å². The van der Waals surface area contributed by atoms with Gasteiger partial charge in [-0.15, -0.1) is 0 Å². The Morgan fingerprint density at radius 3 is 2.82 bits per heavy atom. The number of sulfonamides is 1. The minimum absolute atomic E-state index is 0.0936. The van der Waals surface area contributed by atoms with Crippen molar-refractivity contribution < 1.29 is 8.42 Å². The Morgan fingerprint density at radius 2 is 2.24 bits per heavy atom. The molecule has 1 fully saturated rings. The van der Waals surface area contributed by atoms with Crippen molar-refractivity contribution in [1.82, 2.24) is 4.31 Å². The van der Waals surface area contributed by atoms with Crippen LogP contribution >= 0.6 is 0 Å². The number of nitrogens with zero attached hydrogens (tertiary/aromatic N) is 2. The Morgan fingerprint density at radius 1 is 1.47 bits per heavy atom. The summed E-state index contributed by atoms with van der Waals surface area (Å²) in [6, 6.07) is 7.87. The first-order valence-electron chi connectivity index (χ1n) is 5.30. The second-order valence-electron chi connectivity index (χ2n) is 4.05. The molecule has 1 atom stereocenters. The van der Waals surface area contributed by atoms with Crippen molar-refractivity contribution in [3.63, 3.8) is 0 Å². The Kier molecular flexibility index (Phi) is 3.15. The highest BCUT2D eigenvalue weighted by Gasteiger charge is 2.30. The topological polar surface area (TPSA) is 87.2 Å². The maximum atomic E-state index is 12.2. The molecule has 2 rings (SSSR count). The van der Waals surface area contributed by atoms with Crippen LogP contribution in [0.3, 0.4) is 0 Å². The number of hydrogen-bond acceptors (Lipinski definition) is 4. The van der Waals surface area contributed by atoms with Gasteiger partial charge in [0.05, 0.1) is 16.5 Å². The van der Waals surface area contributed by atoms with E-state index in [-0.39, 0.29) is 10.9 Å². The Balaban J connectivity index is 2.35. The van der Waals surface area contributed by atoms with E-state index in [0.29, 0.717) is 25.1 Å². The molecule has 0 bridgehead atoms. The molecule has 17 heavy (non-hydrogen) atoms. The normalized spacial score (nSPS) is 21.3. The highest BCUT2D eigenvalue weighted by molar-refractivity contribution is 7.89. The van der Waals surface area contributed by atoms with Crippen LogP contribution in [0.2, 0.25) is 0 Å². The monoisotopic (exact) mass is 251 g/mol. The average molecular weight is 251 g/mol. The van der Waals surface area contributed by atoms with Crippen LogP contribution in [0.25, 0.3) is 0 Å². The summed E-state index contributed by atoms with van der Waals surface area (Å²) < 4.78 is 25.8. The lowest BCUT2D eigenvalue weighted by Crippen LogP contribution is -2.31. The number of rotatable bonds is 2. The molecule has 5 nitrogen and oxygen atoms in total. The van der Waals surface area contributed by atoms with Gasteiger partial charge >= 0.3 is 0 Å². The third-order valence-corrected chi connectivity index (χ3v) is 4.65. The average Bonchev–Trinajstić information content (AvgIpc) is 2.76. The van der Waals surface area contributed by atoms with E-state index in [0.717, 1.165) is 0 Å². The Labute approximate surface area is 101 Å². The quantitative estimate of drug-likeness (QED) is 0.817. The van der Waals surface area contributed by atoms with Gasteiger partial charge in [0.2, 0.25) is 10.0 Å². The van der Waals surface area contributed by atoms with Gasteiger partial charge in [0, 0.05) is 19.1 Å². The summed E-state index contributed by atoms with van der Waals surface area (Å²) >= 11 is 0. The predicted octanol–water partition coefficient (Wildman–Crippen LogP) is 0.280. The minimum atomic E-state index is -3.50. The van der Waals surface area contributed by atoms with Crippen LogP contribution in [-0.2, 0) is 10.0 Å². The van der Waals surface area contributed by atoms with Gasteiger partial charge in [0.15, 0.2) is 0 Å². The van der Waals surface area contributed by atoms with Crippen LogP contribution in [0.5, 0.6) is 0 Å². The summed E-state index contributed by atoms with van der Waals surface area (Å²) in [6.45, 7) is 0.791. The van der Waals surface area contributed by atoms with Gasteiger partial charge in [-0.05, 0) is 24.6 Å².